The summed E-state index contributed by atoms with van der Waals surface area (Å²) in [6.07, 6.45) is 3.00. The summed E-state index contributed by atoms with van der Waals surface area (Å²) in [5, 5.41) is 2.86. The normalized spacial score (nSPS) is 23.0. The van der Waals surface area contributed by atoms with Crippen LogP contribution in [0.25, 0.3) is 0 Å². The number of amides is 1. The van der Waals surface area contributed by atoms with Crippen molar-refractivity contribution in [1.82, 2.24) is 10.3 Å². The fourth-order valence-electron chi connectivity index (χ4n) is 2.06. The van der Waals surface area contributed by atoms with Crippen molar-refractivity contribution < 1.29 is 9.53 Å². The molecule has 0 saturated carbocycles. The second-order valence-corrected chi connectivity index (χ2v) is 4.54. The summed E-state index contributed by atoms with van der Waals surface area (Å²) in [5.74, 6) is -0.0731. The highest BCUT2D eigenvalue weighted by Crippen LogP contribution is 2.18. The molecule has 1 saturated heterocycles. The van der Waals surface area contributed by atoms with Crippen LogP contribution in [0.2, 0.25) is 0 Å². The predicted octanol–water partition coefficient (Wildman–Crippen LogP) is 0.513. The standard InChI is InChI=1S/C13H19N3O2/c1-9-3-2-6-15-11(9)8-16-13(17)12-5-4-10(7-14)18-12/h2-3,6,10,12H,4-5,7-8,14H2,1H3,(H,16,17). The minimum absolute atomic E-state index is 0.0253. The summed E-state index contributed by atoms with van der Waals surface area (Å²) in [6.45, 7) is 2.90. The molecule has 0 aromatic carbocycles. The molecule has 0 radical (unpaired) electrons. The van der Waals surface area contributed by atoms with E-state index >= 15 is 0 Å². The van der Waals surface area contributed by atoms with Gasteiger partial charge in [-0.25, -0.2) is 0 Å². The molecule has 1 fully saturated rings. The summed E-state index contributed by atoms with van der Waals surface area (Å²) in [4.78, 5) is 16.1. The minimum atomic E-state index is -0.359. The lowest BCUT2D eigenvalue weighted by molar-refractivity contribution is -0.132. The van der Waals surface area contributed by atoms with Gasteiger partial charge in [0.25, 0.3) is 0 Å². The van der Waals surface area contributed by atoms with Crippen molar-refractivity contribution in [2.24, 2.45) is 5.73 Å². The number of nitrogens with two attached hydrogens (primary N) is 1. The molecule has 5 heteroatoms. The number of aryl methyl sites for hydroxylation is 1. The van der Waals surface area contributed by atoms with E-state index in [0.29, 0.717) is 13.1 Å². The molecule has 3 N–H and O–H groups in total. The zero-order chi connectivity index (χ0) is 13.0. The van der Waals surface area contributed by atoms with Crippen LogP contribution in [0.4, 0.5) is 0 Å². The van der Waals surface area contributed by atoms with Crippen LogP contribution in [0.1, 0.15) is 24.1 Å². The Labute approximate surface area is 107 Å². The molecular formula is C13H19N3O2. The van der Waals surface area contributed by atoms with Crippen LogP contribution in [-0.4, -0.2) is 29.6 Å². The number of pyridine rings is 1. The third kappa shape index (κ3) is 3.05. The number of carbonyl (C=O) groups excluding carboxylic acids is 1. The van der Waals surface area contributed by atoms with E-state index in [-0.39, 0.29) is 18.1 Å². The molecule has 0 aliphatic carbocycles. The predicted molar refractivity (Wildman–Crippen MR) is 67.8 cm³/mol. The molecule has 1 aliphatic rings. The Morgan fingerprint density at radius 2 is 2.44 bits per heavy atom. The zero-order valence-electron chi connectivity index (χ0n) is 10.6. The molecule has 5 nitrogen and oxygen atoms in total. The van der Waals surface area contributed by atoms with Crippen LogP contribution in [0.15, 0.2) is 18.3 Å². The number of hydrogen-bond donors (Lipinski definition) is 2. The maximum absolute atomic E-state index is 11.9. The summed E-state index contributed by atoms with van der Waals surface area (Å²) >= 11 is 0. The van der Waals surface area contributed by atoms with Crippen molar-refractivity contribution in [3.05, 3.63) is 29.6 Å². The second kappa shape index (κ2) is 5.93. The van der Waals surface area contributed by atoms with Crippen LogP contribution in [0, 0.1) is 6.92 Å². The van der Waals surface area contributed by atoms with E-state index in [1.807, 2.05) is 19.1 Å². The highest BCUT2D eigenvalue weighted by atomic mass is 16.5. The SMILES string of the molecule is Cc1cccnc1CNC(=O)C1CCC(CN)O1. The van der Waals surface area contributed by atoms with Crippen LogP contribution < -0.4 is 11.1 Å². The Balaban J connectivity index is 1.84. The molecule has 18 heavy (non-hydrogen) atoms. The summed E-state index contributed by atoms with van der Waals surface area (Å²) in [6, 6.07) is 3.86. The number of carbonyl (C=O) groups is 1. The minimum Gasteiger partial charge on any atom is -0.364 e. The first kappa shape index (κ1) is 13.0. The average molecular weight is 249 g/mol. The average Bonchev–Trinajstić information content (AvgIpc) is 2.86. The molecule has 2 rings (SSSR count). The molecule has 2 atom stereocenters. The van der Waals surface area contributed by atoms with E-state index in [1.165, 1.54) is 0 Å². The van der Waals surface area contributed by atoms with Gasteiger partial charge in [-0.2, -0.15) is 0 Å². The molecule has 2 unspecified atom stereocenters. The second-order valence-electron chi connectivity index (χ2n) is 4.54. The fraction of sp³-hybridized carbons (Fsp3) is 0.538. The third-order valence-corrected chi connectivity index (χ3v) is 3.21. The first-order valence-electron chi connectivity index (χ1n) is 6.24. The van der Waals surface area contributed by atoms with Gasteiger partial charge in [0.15, 0.2) is 0 Å². The van der Waals surface area contributed by atoms with Crippen molar-refractivity contribution in [2.45, 2.75) is 38.5 Å². The Morgan fingerprint density at radius 3 is 3.11 bits per heavy atom. The monoisotopic (exact) mass is 249 g/mol. The van der Waals surface area contributed by atoms with Gasteiger partial charge >= 0.3 is 0 Å². The van der Waals surface area contributed by atoms with E-state index in [9.17, 15) is 4.79 Å². The summed E-state index contributed by atoms with van der Waals surface area (Å²) in [5.41, 5.74) is 7.48. The smallest absolute Gasteiger partial charge is 0.249 e. The third-order valence-electron chi connectivity index (χ3n) is 3.21. The number of nitrogens with zero attached hydrogens (tertiary/aromatic N) is 1. The van der Waals surface area contributed by atoms with Gasteiger partial charge < -0.3 is 15.8 Å². The number of aromatic nitrogens is 1. The zero-order valence-corrected chi connectivity index (χ0v) is 10.6. The molecule has 1 aliphatic heterocycles. The van der Waals surface area contributed by atoms with Gasteiger partial charge in [0.1, 0.15) is 6.10 Å². The lowest BCUT2D eigenvalue weighted by Crippen LogP contribution is -2.35. The molecule has 0 bridgehead atoms. The van der Waals surface area contributed by atoms with Gasteiger partial charge in [0, 0.05) is 12.7 Å². The van der Waals surface area contributed by atoms with Crippen molar-refractivity contribution in [2.75, 3.05) is 6.54 Å². The van der Waals surface area contributed by atoms with E-state index < -0.39 is 0 Å². The van der Waals surface area contributed by atoms with Gasteiger partial charge in [0.05, 0.1) is 18.3 Å². The Morgan fingerprint density at radius 1 is 1.61 bits per heavy atom. The maximum atomic E-state index is 11.9. The van der Waals surface area contributed by atoms with Crippen molar-refractivity contribution >= 4 is 5.91 Å². The quantitative estimate of drug-likeness (QED) is 0.815. The van der Waals surface area contributed by atoms with Crippen molar-refractivity contribution in [3.8, 4) is 0 Å². The van der Waals surface area contributed by atoms with Gasteiger partial charge in [-0.05, 0) is 31.4 Å². The lowest BCUT2D eigenvalue weighted by Gasteiger charge is -2.13. The van der Waals surface area contributed by atoms with Gasteiger partial charge in [-0.1, -0.05) is 6.07 Å². The van der Waals surface area contributed by atoms with E-state index in [2.05, 4.69) is 10.3 Å². The Bertz CT molecular complexity index is 422. The largest absolute Gasteiger partial charge is 0.364 e. The van der Waals surface area contributed by atoms with Crippen LogP contribution in [-0.2, 0) is 16.1 Å². The number of ether oxygens (including phenoxy) is 1. The summed E-state index contributed by atoms with van der Waals surface area (Å²) in [7, 11) is 0. The van der Waals surface area contributed by atoms with Crippen LogP contribution >= 0.6 is 0 Å². The maximum Gasteiger partial charge on any atom is 0.249 e. The summed E-state index contributed by atoms with van der Waals surface area (Å²) < 4.78 is 5.53. The number of hydrogen-bond acceptors (Lipinski definition) is 4. The molecular weight excluding hydrogens is 230 g/mol. The number of rotatable bonds is 4. The van der Waals surface area contributed by atoms with E-state index in [1.54, 1.807) is 6.20 Å². The molecule has 0 spiro atoms. The van der Waals surface area contributed by atoms with Crippen LogP contribution in [0.5, 0.6) is 0 Å². The van der Waals surface area contributed by atoms with Gasteiger partial charge in [0.2, 0.25) is 5.91 Å². The molecule has 1 aromatic rings. The molecule has 1 amide bonds. The molecule has 98 valence electrons. The lowest BCUT2D eigenvalue weighted by atomic mass is 10.2. The van der Waals surface area contributed by atoms with Gasteiger partial charge in [-0.15, -0.1) is 0 Å². The fourth-order valence-corrected chi connectivity index (χ4v) is 2.06. The highest BCUT2D eigenvalue weighted by molar-refractivity contribution is 5.80. The topological polar surface area (TPSA) is 77.2 Å². The van der Waals surface area contributed by atoms with E-state index in [0.717, 1.165) is 24.1 Å². The molecule has 1 aromatic heterocycles. The van der Waals surface area contributed by atoms with Crippen LogP contribution in [0.3, 0.4) is 0 Å². The number of nitrogens with one attached hydrogen (secondary N) is 1. The van der Waals surface area contributed by atoms with Crippen molar-refractivity contribution in [1.29, 1.82) is 0 Å². The van der Waals surface area contributed by atoms with Crippen molar-refractivity contribution in [3.63, 3.8) is 0 Å². The molecule has 2 heterocycles. The Hall–Kier alpha value is -1.46. The Kier molecular flexibility index (Phi) is 4.28. The first-order valence-corrected chi connectivity index (χ1v) is 6.24. The van der Waals surface area contributed by atoms with E-state index in [4.69, 9.17) is 10.5 Å². The van der Waals surface area contributed by atoms with Gasteiger partial charge in [-0.3, -0.25) is 9.78 Å². The highest BCUT2D eigenvalue weighted by Gasteiger charge is 2.29. The first-order chi connectivity index (χ1) is 8.70.